The summed E-state index contributed by atoms with van der Waals surface area (Å²) >= 11 is 1.46. The lowest BCUT2D eigenvalue weighted by atomic mass is 9.90. The van der Waals surface area contributed by atoms with E-state index in [-0.39, 0.29) is 11.6 Å². The molecule has 1 aliphatic carbocycles. The Morgan fingerprint density at radius 3 is 2.96 bits per heavy atom. The molecular formula is C16H15FN2O3S. The zero-order chi connectivity index (χ0) is 16.6. The molecule has 2 aromatic rings. The molecule has 0 bridgehead atoms. The largest absolute Gasteiger partial charge is 0.321 e. The highest BCUT2D eigenvalue weighted by atomic mass is 32.1. The summed E-state index contributed by atoms with van der Waals surface area (Å²) in [6.07, 6.45) is 3.08. The Bertz CT molecular complexity index is 788. The quantitative estimate of drug-likeness (QED) is 0.676. The first-order chi connectivity index (χ1) is 10.9. The number of benzene rings is 1. The monoisotopic (exact) mass is 334 g/mol. The fourth-order valence-corrected chi connectivity index (χ4v) is 3.84. The van der Waals surface area contributed by atoms with E-state index in [1.54, 1.807) is 0 Å². The molecule has 1 heterocycles. The van der Waals surface area contributed by atoms with Crippen LogP contribution in [0, 0.1) is 21.8 Å². The van der Waals surface area contributed by atoms with Gasteiger partial charge >= 0.3 is 5.69 Å². The van der Waals surface area contributed by atoms with Gasteiger partial charge in [-0.25, -0.2) is 0 Å². The van der Waals surface area contributed by atoms with Crippen LogP contribution in [0.5, 0.6) is 0 Å². The average Bonchev–Trinajstić information content (AvgIpc) is 2.92. The molecule has 0 aliphatic heterocycles. The van der Waals surface area contributed by atoms with Crippen molar-refractivity contribution in [3.05, 3.63) is 55.5 Å². The van der Waals surface area contributed by atoms with Crippen LogP contribution in [0.15, 0.2) is 24.3 Å². The zero-order valence-corrected chi connectivity index (χ0v) is 13.3. The maximum absolute atomic E-state index is 13.3. The number of thiophene rings is 1. The standard InChI is InChI=1S/C16H15FN2O3S/c1-9-2-5-14-10(6-9)7-15(23-14)16(20)18-11-3-4-12(17)13(8-11)19(21)22/h3-4,7-9H,2,5-6H2,1H3,(H,18,20)/t9-/m1/s1. The molecule has 1 amide bonds. The van der Waals surface area contributed by atoms with Crippen LogP contribution in [-0.2, 0) is 12.8 Å². The van der Waals surface area contributed by atoms with Crippen LogP contribution in [0.3, 0.4) is 0 Å². The van der Waals surface area contributed by atoms with Crippen molar-refractivity contribution in [3.63, 3.8) is 0 Å². The number of carbonyl (C=O) groups is 1. The normalized spacial score (nSPS) is 16.7. The van der Waals surface area contributed by atoms with E-state index in [9.17, 15) is 19.3 Å². The lowest BCUT2D eigenvalue weighted by molar-refractivity contribution is -0.387. The average molecular weight is 334 g/mol. The predicted octanol–water partition coefficient (Wildman–Crippen LogP) is 4.17. The number of nitro benzene ring substituents is 1. The van der Waals surface area contributed by atoms with E-state index in [4.69, 9.17) is 0 Å². The van der Waals surface area contributed by atoms with Crippen molar-refractivity contribution < 1.29 is 14.1 Å². The van der Waals surface area contributed by atoms with Crippen molar-refractivity contribution in [2.45, 2.75) is 26.2 Å². The van der Waals surface area contributed by atoms with Crippen LogP contribution in [0.4, 0.5) is 15.8 Å². The number of carbonyl (C=O) groups excluding carboxylic acids is 1. The molecule has 1 aromatic heterocycles. The van der Waals surface area contributed by atoms with Gasteiger partial charge in [-0.2, -0.15) is 4.39 Å². The second-order valence-electron chi connectivity index (χ2n) is 5.78. The number of hydrogen-bond donors (Lipinski definition) is 1. The van der Waals surface area contributed by atoms with E-state index in [1.807, 2.05) is 6.07 Å². The number of anilines is 1. The van der Waals surface area contributed by atoms with Gasteiger partial charge < -0.3 is 5.32 Å². The number of fused-ring (bicyclic) bond motifs is 1. The number of nitro groups is 1. The van der Waals surface area contributed by atoms with Crippen LogP contribution in [0.2, 0.25) is 0 Å². The van der Waals surface area contributed by atoms with E-state index in [1.165, 1.54) is 27.8 Å². The highest BCUT2D eigenvalue weighted by Crippen LogP contribution is 2.32. The minimum absolute atomic E-state index is 0.211. The lowest BCUT2D eigenvalue weighted by Crippen LogP contribution is -2.10. The van der Waals surface area contributed by atoms with Gasteiger partial charge in [-0.05, 0) is 48.9 Å². The van der Waals surface area contributed by atoms with Crippen molar-refractivity contribution in [1.82, 2.24) is 0 Å². The fourth-order valence-electron chi connectivity index (χ4n) is 2.74. The highest BCUT2D eigenvalue weighted by Gasteiger charge is 2.21. The number of hydrogen-bond acceptors (Lipinski definition) is 4. The SMILES string of the molecule is C[C@@H]1CCc2sc(C(=O)Nc3ccc(F)c([N+](=O)[O-])c3)cc2C1. The number of aryl methyl sites for hydroxylation is 1. The van der Waals surface area contributed by atoms with Gasteiger partial charge in [-0.1, -0.05) is 6.92 Å². The Kier molecular flexibility index (Phi) is 4.12. The van der Waals surface area contributed by atoms with Crippen LogP contribution in [-0.4, -0.2) is 10.8 Å². The van der Waals surface area contributed by atoms with Crippen LogP contribution in [0.1, 0.15) is 33.5 Å². The van der Waals surface area contributed by atoms with Crippen molar-refractivity contribution in [1.29, 1.82) is 0 Å². The molecule has 7 heteroatoms. The van der Waals surface area contributed by atoms with E-state index >= 15 is 0 Å². The third-order valence-corrected chi connectivity index (χ3v) is 5.19. The summed E-state index contributed by atoms with van der Waals surface area (Å²) in [5, 5.41) is 13.3. The number of nitrogens with zero attached hydrogens (tertiary/aromatic N) is 1. The van der Waals surface area contributed by atoms with Gasteiger partial charge in [0.15, 0.2) is 0 Å². The highest BCUT2D eigenvalue weighted by molar-refractivity contribution is 7.14. The summed E-state index contributed by atoms with van der Waals surface area (Å²) in [5.74, 6) is -0.626. The first kappa shape index (κ1) is 15.6. The van der Waals surface area contributed by atoms with Crippen molar-refractivity contribution in [2.75, 3.05) is 5.32 Å². The molecule has 5 nitrogen and oxygen atoms in total. The molecular weight excluding hydrogens is 319 g/mol. The Morgan fingerprint density at radius 2 is 2.22 bits per heavy atom. The molecule has 0 fully saturated rings. The molecule has 1 N–H and O–H groups in total. The Labute approximate surface area is 136 Å². The second kappa shape index (κ2) is 6.08. The minimum atomic E-state index is -0.923. The van der Waals surface area contributed by atoms with Gasteiger partial charge in [0, 0.05) is 16.6 Å². The van der Waals surface area contributed by atoms with Gasteiger partial charge in [0.25, 0.3) is 5.91 Å². The molecule has 0 saturated heterocycles. The number of amides is 1. The number of rotatable bonds is 3. The van der Waals surface area contributed by atoms with Crippen molar-refractivity contribution in [3.8, 4) is 0 Å². The summed E-state index contributed by atoms with van der Waals surface area (Å²) in [6, 6.07) is 5.22. The molecule has 1 aliphatic rings. The molecule has 0 saturated carbocycles. The van der Waals surface area contributed by atoms with Gasteiger partial charge in [0.2, 0.25) is 5.82 Å². The summed E-state index contributed by atoms with van der Waals surface area (Å²) in [6.45, 7) is 2.19. The van der Waals surface area contributed by atoms with Crippen LogP contribution >= 0.6 is 11.3 Å². The van der Waals surface area contributed by atoms with E-state index in [2.05, 4.69) is 12.2 Å². The Morgan fingerprint density at radius 1 is 1.43 bits per heavy atom. The van der Waals surface area contributed by atoms with Crippen molar-refractivity contribution in [2.24, 2.45) is 5.92 Å². The topological polar surface area (TPSA) is 72.2 Å². The molecule has 0 spiro atoms. The molecule has 120 valence electrons. The molecule has 3 rings (SSSR count). The van der Waals surface area contributed by atoms with Gasteiger partial charge in [0.1, 0.15) is 0 Å². The predicted molar refractivity (Wildman–Crippen MR) is 86.5 cm³/mol. The van der Waals surface area contributed by atoms with E-state index in [0.29, 0.717) is 10.8 Å². The zero-order valence-electron chi connectivity index (χ0n) is 12.5. The second-order valence-corrected chi connectivity index (χ2v) is 6.92. The molecule has 1 atom stereocenters. The number of nitrogens with one attached hydrogen (secondary N) is 1. The third kappa shape index (κ3) is 3.24. The Hall–Kier alpha value is -2.28. The minimum Gasteiger partial charge on any atom is -0.321 e. The van der Waals surface area contributed by atoms with Crippen LogP contribution < -0.4 is 5.32 Å². The number of halogens is 1. The van der Waals surface area contributed by atoms with E-state index in [0.717, 1.165) is 31.4 Å². The Balaban J connectivity index is 1.80. The lowest BCUT2D eigenvalue weighted by Gasteiger charge is -2.16. The molecule has 0 radical (unpaired) electrons. The van der Waals surface area contributed by atoms with Crippen molar-refractivity contribution >= 4 is 28.6 Å². The maximum atomic E-state index is 13.3. The first-order valence-corrected chi connectivity index (χ1v) is 8.12. The summed E-state index contributed by atoms with van der Waals surface area (Å²) in [4.78, 5) is 24.1. The van der Waals surface area contributed by atoms with Crippen LogP contribution in [0.25, 0.3) is 0 Å². The maximum Gasteiger partial charge on any atom is 0.306 e. The molecule has 0 unspecified atom stereocenters. The third-order valence-electron chi connectivity index (χ3n) is 3.95. The van der Waals surface area contributed by atoms with E-state index < -0.39 is 16.4 Å². The summed E-state index contributed by atoms with van der Waals surface area (Å²) in [5.41, 5.74) is 0.772. The fraction of sp³-hybridized carbons (Fsp3) is 0.312. The van der Waals surface area contributed by atoms with Gasteiger partial charge in [-0.3, -0.25) is 14.9 Å². The summed E-state index contributed by atoms with van der Waals surface area (Å²) in [7, 11) is 0. The molecule has 23 heavy (non-hydrogen) atoms. The smallest absolute Gasteiger partial charge is 0.306 e. The molecule has 1 aromatic carbocycles. The van der Waals surface area contributed by atoms with Gasteiger partial charge in [0.05, 0.1) is 9.80 Å². The summed E-state index contributed by atoms with van der Waals surface area (Å²) < 4.78 is 13.3. The first-order valence-electron chi connectivity index (χ1n) is 7.31. The van der Waals surface area contributed by atoms with Gasteiger partial charge in [-0.15, -0.1) is 11.3 Å².